The normalized spacial score (nSPS) is 10.5. The standard InChI is InChI=1S/C14H10BrClFNO3/c1-8-2-10(15)5-13(18(19)20)14(8)21-12-4-9(7-16)3-11(17)6-12/h2-6H,7H2,1H3. The first-order valence-electron chi connectivity index (χ1n) is 5.88. The van der Waals surface area contributed by atoms with Crippen LogP contribution in [-0.4, -0.2) is 4.92 Å². The van der Waals surface area contributed by atoms with E-state index in [9.17, 15) is 14.5 Å². The summed E-state index contributed by atoms with van der Waals surface area (Å²) in [5.41, 5.74) is 0.899. The average Bonchev–Trinajstić information content (AvgIpc) is 2.40. The number of rotatable bonds is 4. The third-order valence-corrected chi connectivity index (χ3v) is 3.49. The molecule has 110 valence electrons. The van der Waals surface area contributed by atoms with Gasteiger partial charge in [-0.3, -0.25) is 10.1 Å². The van der Waals surface area contributed by atoms with E-state index in [0.717, 1.165) is 6.07 Å². The van der Waals surface area contributed by atoms with Crippen LogP contribution in [0.25, 0.3) is 0 Å². The molecule has 0 aliphatic rings. The summed E-state index contributed by atoms with van der Waals surface area (Å²) in [5.74, 6) is -0.149. The predicted octanol–water partition coefficient (Wildman–Crippen LogP) is 5.34. The van der Waals surface area contributed by atoms with Gasteiger partial charge in [-0.15, -0.1) is 11.6 Å². The first-order valence-corrected chi connectivity index (χ1v) is 7.21. The van der Waals surface area contributed by atoms with Crippen molar-refractivity contribution in [1.29, 1.82) is 0 Å². The Labute approximate surface area is 133 Å². The summed E-state index contributed by atoms with van der Waals surface area (Å²) in [7, 11) is 0. The molecular formula is C14H10BrClFNO3. The fourth-order valence-corrected chi connectivity index (χ4v) is 2.57. The molecule has 0 heterocycles. The highest BCUT2D eigenvalue weighted by Crippen LogP contribution is 2.37. The van der Waals surface area contributed by atoms with Gasteiger partial charge in [-0.2, -0.15) is 0 Å². The maximum atomic E-state index is 13.5. The summed E-state index contributed by atoms with van der Waals surface area (Å²) in [6.07, 6.45) is 0. The molecule has 0 N–H and O–H groups in total. The van der Waals surface area contributed by atoms with Crippen molar-refractivity contribution in [2.24, 2.45) is 0 Å². The maximum absolute atomic E-state index is 13.5. The lowest BCUT2D eigenvalue weighted by Crippen LogP contribution is -1.97. The summed E-state index contributed by atoms with van der Waals surface area (Å²) in [6.45, 7) is 1.68. The first kappa shape index (κ1) is 15.7. The molecule has 2 aromatic rings. The molecule has 4 nitrogen and oxygen atoms in total. The maximum Gasteiger partial charge on any atom is 0.312 e. The van der Waals surface area contributed by atoms with Gasteiger partial charge in [0.25, 0.3) is 0 Å². The molecule has 0 unspecified atom stereocenters. The number of nitro groups is 1. The molecule has 0 amide bonds. The number of alkyl halides is 1. The Bertz CT molecular complexity index is 709. The van der Waals surface area contributed by atoms with Crippen LogP contribution in [-0.2, 0) is 5.88 Å². The van der Waals surface area contributed by atoms with Crippen molar-refractivity contribution in [3.8, 4) is 11.5 Å². The quantitative estimate of drug-likeness (QED) is 0.412. The van der Waals surface area contributed by atoms with Gasteiger partial charge in [0.05, 0.1) is 4.92 Å². The summed E-state index contributed by atoms with van der Waals surface area (Å²) >= 11 is 8.87. The summed E-state index contributed by atoms with van der Waals surface area (Å²) in [6, 6.07) is 7.00. The Hall–Kier alpha value is -1.66. The third-order valence-electron chi connectivity index (χ3n) is 2.72. The van der Waals surface area contributed by atoms with Crippen molar-refractivity contribution in [1.82, 2.24) is 0 Å². The van der Waals surface area contributed by atoms with E-state index in [0.29, 0.717) is 15.6 Å². The summed E-state index contributed by atoms with van der Waals surface area (Å²) < 4.78 is 19.5. The SMILES string of the molecule is Cc1cc(Br)cc([N+](=O)[O-])c1Oc1cc(F)cc(CCl)c1. The van der Waals surface area contributed by atoms with Crippen molar-refractivity contribution in [2.75, 3.05) is 0 Å². The Kier molecular flexibility index (Phi) is 4.80. The Morgan fingerprint density at radius 1 is 1.33 bits per heavy atom. The van der Waals surface area contributed by atoms with E-state index in [1.807, 2.05) is 0 Å². The number of nitrogens with zero attached hydrogens (tertiary/aromatic N) is 1. The largest absolute Gasteiger partial charge is 0.450 e. The average molecular weight is 375 g/mol. The van der Waals surface area contributed by atoms with Crippen molar-refractivity contribution in [3.05, 3.63) is 61.9 Å². The Morgan fingerprint density at radius 2 is 2.05 bits per heavy atom. The van der Waals surface area contributed by atoms with E-state index in [1.54, 1.807) is 19.1 Å². The van der Waals surface area contributed by atoms with E-state index < -0.39 is 10.7 Å². The Morgan fingerprint density at radius 3 is 2.67 bits per heavy atom. The molecule has 0 saturated carbocycles. The second-order valence-electron chi connectivity index (χ2n) is 4.36. The first-order chi connectivity index (χ1) is 9.90. The minimum atomic E-state index is -0.547. The van der Waals surface area contributed by atoms with Crippen LogP contribution < -0.4 is 4.74 Å². The van der Waals surface area contributed by atoms with Gasteiger partial charge >= 0.3 is 5.69 Å². The summed E-state index contributed by atoms with van der Waals surface area (Å²) in [4.78, 5) is 10.6. The summed E-state index contributed by atoms with van der Waals surface area (Å²) in [5, 5.41) is 11.1. The Balaban J connectivity index is 2.48. The van der Waals surface area contributed by atoms with Gasteiger partial charge in [0.2, 0.25) is 5.75 Å². The topological polar surface area (TPSA) is 52.4 Å². The van der Waals surface area contributed by atoms with Gasteiger partial charge in [-0.25, -0.2) is 4.39 Å². The minimum absolute atomic E-state index is 0.0781. The molecule has 0 atom stereocenters. The molecule has 0 aliphatic carbocycles. The van der Waals surface area contributed by atoms with Crippen LogP contribution in [0.15, 0.2) is 34.8 Å². The monoisotopic (exact) mass is 373 g/mol. The van der Waals surface area contributed by atoms with Crippen molar-refractivity contribution in [3.63, 3.8) is 0 Å². The smallest absolute Gasteiger partial charge is 0.312 e. The molecule has 0 fully saturated rings. The van der Waals surface area contributed by atoms with Crippen molar-refractivity contribution < 1.29 is 14.1 Å². The lowest BCUT2D eigenvalue weighted by atomic mass is 10.2. The molecule has 21 heavy (non-hydrogen) atoms. The molecule has 0 aliphatic heterocycles. The van der Waals surface area contributed by atoms with E-state index >= 15 is 0 Å². The van der Waals surface area contributed by atoms with Gasteiger partial charge in [0, 0.05) is 22.5 Å². The zero-order valence-electron chi connectivity index (χ0n) is 10.9. The van der Waals surface area contributed by atoms with E-state index in [4.69, 9.17) is 16.3 Å². The third kappa shape index (κ3) is 3.71. The fraction of sp³-hybridized carbons (Fsp3) is 0.143. The van der Waals surface area contributed by atoms with Gasteiger partial charge in [0.1, 0.15) is 11.6 Å². The second-order valence-corrected chi connectivity index (χ2v) is 5.54. The van der Waals surface area contributed by atoms with Crippen LogP contribution in [0, 0.1) is 22.9 Å². The molecule has 0 saturated heterocycles. The molecule has 0 spiro atoms. The van der Waals surface area contributed by atoms with Crippen LogP contribution in [0.3, 0.4) is 0 Å². The molecular weight excluding hydrogens is 365 g/mol. The molecule has 0 radical (unpaired) electrons. The zero-order chi connectivity index (χ0) is 15.6. The van der Waals surface area contributed by atoms with Crippen molar-refractivity contribution >= 4 is 33.2 Å². The lowest BCUT2D eigenvalue weighted by molar-refractivity contribution is -0.385. The molecule has 2 aromatic carbocycles. The zero-order valence-corrected chi connectivity index (χ0v) is 13.2. The molecule has 7 heteroatoms. The van der Waals surface area contributed by atoms with Gasteiger partial charge in [-0.1, -0.05) is 15.9 Å². The number of hydrogen-bond donors (Lipinski definition) is 0. The molecule has 2 rings (SSSR count). The van der Waals surface area contributed by atoms with E-state index in [2.05, 4.69) is 15.9 Å². The van der Waals surface area contributed by atoms with Crippen LogP contribution in [0.5, 0.6) is 11.5 Å². The van der Waals surface area contributed by atoms with Crippen LogP contribution in [0.2, 0.25) is 0 Å². The van der Waals surface area contributed by atoms with Gasteiger partial charge in [0.15, 0.2) is 0 Å². The lowest BCUT2D eigenvalue weighted by Gasteiger charge is -2.10. The van der Waals surface area contributed by atoms with Crippen LogP contribution >= 0.6 is 27.5 Å². The second kappa shape index (κ2) is 6.41. The fourth-order valence-electron chi connectivity index (χ4n) is 1.86. The highest BCUT2D eigenvalue weighted by molar-refractivity contribution is 9.10. The predicted molar refractivity (Wildman–Crippen MR) is 81.6 cm³/mol. The van der Waals surface area contributed by atoms with E-state index in [1.165, 1.54) is 12.1 Å². The van der Waals surface area contributed by atoms with Crippen LogP contribution in [0.4, 0.5) is 10.1 Å². The number of ether oxygens (including phenoxy) is 1. The molecule has 0 aromatic heterocycles. The highest BCUT2D eigenvalue weighted by Gasteiger charge is 2.20. The number of aryl methyl sites for hydroxylation is 1. The van der Waals surface area contributed by atoms with E-state index in [-0.39, 0.29) is 23.1 Å². The minimum Gasteiger partial charge on any atom is -0.450 e. The van der Waals surface area contributed by atoms with Gasteiger partial charge < -0.3 is 4.74 Å². The number of nitro benzene ring substituents is 1. The highest BCUT2D eigenvalue weighted by atomic mass is 79.9. The van der Waals surface area contributed by atoms with Gasteiger partial charge in [-0.05, 0) is 36.2 Å². The van der Waals surface area contributed by atoms with Crippen molar-refractivity contribution in [2.45, 2.75) is 12.8 Å². The number of halogens is 3. The molecule has 0 bridgehead atoms. The van der Waals surface area contributed by atoms with Crippen LogP contribution in [0.1, 0.15) is 11.1 Å². The number of benzene rings is 2. The number of hydrogen-bond acceptors (Lipinski definition) is 3.